The molecule has 0 aliphatic heterocycles. The van der Waals surface area contributed by atoms with Gasteiger partial charge in [0, 0.05) is 24.8 Å². The number of aryl methyl sites for hydroxylation is 1. The predicted molar refractivity (Wildman–Crippen MR) is 97.0 cm³/mol. The van der Waals surface area contributed by atoms with E-state index in [1.807, 2.05) is 13.0 Å². The molecule has 0 bridgehead atoms. The van der Waals surface area contributed by atoms with Crippen LogP contribution in [0.15, 0.2) is 24.3 Å². The molecule has 0 atom stereocenters. The van der Waals surface area contributed by atoms with Gasteiger partial charge in [0.05, 0.1) is 12.7 Å². The van der Waals surface area contributed by atoms with Gasteiger partial charge in [0.25, 0.3) is 5.91 Å². The van der Waals surface area contributed by atoms with Gasteiger partial charge in [-0.2, -0.15) is 0 Å². The van der Waals surface area contributed by atoms with Gasteiger partial charge in [0.15, 0.2) is 0 Å². The fourth-order valence-electron chi connectivity index (χ4n) is 2.88. The topological polar surface area (TPSA) is 105 Å². The number of carbonyl (C=O) groups excluding carboxylic acids is 3. The summed E-state index contributed by atoms with van der Waals surface area (Å²) >= 11 is 0. The number of amides is 2. The minimum absolute atomic E-state index is 0.253. The monoisotopic (exact) mass is 357 g/mol. The van der Waals surface area contributed by atoms with E-state index in [4.69, 9.17) is 10.5 Å². The van der Waals surface area contributed by atoms with Gasteiger partial charge in [-0.1, -0.05) is 19.1 Å². The number of nitrogens with one attached hydrogen (secondary N) is 1. The van der Waals surface area contributed by atoms with Gasteiger partial charge in [0.1, 0.15) is 5.69 Å². The Morgan fingerprint density at radius 2 is 1.96 bits per heavy atom. The van der Waals surface area contributed by atoms with Crippen LogP contribution in [0, 0.1) is 6.92 Å². The summed E-state index contributed by atoms with van der Waals surface area (Å²) in [6.07, 6.45) is 0.572. The lowest BCUT2D eigenvalue weighted by molar-refractivity contribution is 0.0598. The van der Waals surface area contributed by atoms with Crippen molar-refractivity contribution in [2.24, 2.45) is 5.73 Å². The number of nitrogens with zero attached hydrogens (tertiary/aromatic N) is 1. The summed E-state index contributed by atoms with van der Waals surface area (Å²) in [6, 6.07) is 6.82. The second-order valence-electron chi connectivity index (χ2n) is 6.05. The highest BCUT2D eigenvalue weighted by Crippen LogP contribution is 2.22. The maximum atomic E-state index is 12.8. The summed E-state index contributed by atoms with van der Waals surface area (Å²) in [7, 11) is 2.97. The van der Waals surface area contributed by atoms with Crippen molar-refractivity contribution in [3.8, 4) is 0 Å². The number of hydrogen-bond donors (Lipinski definition) is 2. The lowest BCUT2D eigenvalue weighted by atomic mass is 10.1. The molecule has 0 unspecified atom stereocenters. The van der Waals surface area contributed by atoms with Crippen LogP contribution >= 0.6 is 0 Å². The van der Waals surface area contributed by atoms with E-state index in [9.17, 15) is 14.4 Å². The van der Waals surface area contributed by atoms with Crippen molar-refractivity contribution in [3.63, 3.8) is 0 Å². The Morgan fingerprint density at radius 3 is 2.54 bits per heavy atom. The first-order valence-electron chi connectivity index (χ1n) is 8.24. The Morgan fingerprint density at radius 1 is 1.27 bits per heavy atom. The second kappa shape index (κ2) is 7.86. The molecule has 0 saturated carbocycles. The van der Waals surface area contributed by atoms with Crippen molar-refractivity contribution in [1.82, 2.24) is 9.88 Å². The first-order chi connectivity index (χ1) is 12.3. The summed E-state index contributed by atoms with van der Waals surface area (Å²) in [5.74, 6) is -1.24. The molecule has 26 heavy (non-hydrogen) atoms. The van der Waals surface area contributed by atoms with Crippen LogP contribution < -0.4 is 5.73 Å². The molecule has 0 aliphatic rings. The molecule has 1 aromatic carbocycles. The first-order valence-corrected chi connectivity index (χ1v) is 8.24. The van der Waals surface area contributed by atoms with E-state index in [0.29, 0.717) is 41.0 Å². The predicted octanol–water partition coefficient (Wildman–Crippen LogP) is 2.04. The van der Waals surface area contributed by atoms with Crippen molar-refractivity contribution in [2.45, 2.75) is 26.8 Å². The normalized spacial score (nSPS) is 10.5. The third-order valence-electron chi connectivity index (χ3n) is 4.26. The highest BCUT2D eigenvalue weighted by atomic mass is 16.5. The number of hydrogen-bond acceptors (Lipinski definition) is 4. The number of aromatic nitrogens is 1. The van der Waals surface area contributed by atoms with Gasteiger partial charge in [-0.15, -0.1) is 0 Å². The Kier molecular flexibility index (Phi) is 5.82. The van der Waals surface area contributed by atoms with Crippen LogP contribution in [-0.4, -0.2) is 41.8 Å². The molecule has 2 amide bonds. The van der Waals surface area contributed by atoms with Gasteiger partial charge in [-0.25, -0.2) is 4.79 Å². The van der Waals surface area contributed by atoms with Gasteiger partial charge < -0.3 is 20.4 Å². The van der Waals surface area contributed by atoms with Crippen LogP contribution in [0.5, 0.6) is 0 Å². The number of methoxy groups -OCH3 is 1. The summed E-state index contributed by atoms with van der Waals surface area (Å²) in [5.41, 5.74) is 8.46. The van der Waals surface area contributed by atoms with Crippen LogP contribution in [0.4, 0.5) is 0 Å². The molecule has 2 rings (SSSR count). The zero-order valence-corrected chi connectivity index (χ0v) is 15.4. The molecule has 1 aromatic heterocycles. The number of rotatable bonds is 6. The van der Waals surface area contributed by atoms with E-state index in [-0.39, 0.29) is 5.91 Å². The third kappa shape index (κ3) is 3.77. The Hall–Kier alpha value is -3.09. The first kappa shape index (κ1) is 19.2. The molecular weight excluding hydrogens is 334 g/mol. The molecule has 2 aromatic rings. The summed E-state index contributed by atoms with van der Waals surface area (Å²) in [6.45, 7) is 3.91. The van der Waals surface area contributed by atoms with Crippen LogP contribution in [0.1, 0.15) is 54.9 Å². The number of benzene rings is 1. The van der Waals surface area contributed by atoms with Crippen molar-refractivity contribution < 1.29 is 19.1 Å². The molecule has 3 N–H and O–H groups in total. The zero-order chi connectivity index (χ0) is 19.4. The maximum Gasteiger partial charge on any atom is 0.339 e. The second-order valence-corrected chi connectivity index (χ2v) is 6.05. The Labute approximate surface area is 152 Å². The number of esters is 1. The number of primary amides is 1. The van der Waals surface area contributed by atoms with E-state index in [1.54, 1.807) is 32.2 Å². The van der Waals surface area contributed by atoms with Crippen LogP contribution in [0.2, 0.25) is 0 Å². The largest absolute Gasteiger partial charge is 0.465 e. The molecule has 0 aliphatic carbocycles. The number of nitrogens with two attached hydrogens (primary N) is 1. The maximum absolute atomic E-state index is 12.8. The van der Waals surface area contributed by atoms with E-state index >= 15 is 0 Å². The van der Waals surface area contributed by atoms with Gasteiger partial charge in [-0.05, 0) is 36.6 Å². The average molecular weight is 357 g/mol. The van der Waals surface area contributed by atoms with E-state index < -0.39 is 11.9 Å². The fraction of sp³-hybridized carbons (Fsp3) is 0.316. The van der Waals surface area contributed by atoms with Gasteiger partial charge in [-0.3, -0.25) is 9.59 Å². The van der Waals surface area contributed by atoms with Crippen molar-refractivity contribution in [1.29, 1.82) is 0 Å². The van der Waals surface area contributed by atoms with Crippen LogP contribution in [0.25, 0.3) is 0 Å². The molecule has 0 spiro atoms. The summed E-state index contributed by atoms with van der Waals surface area (Å²) < 4.78 is 4.82. The standard InChI is InChI=1S/C19H23N3O4/c1-5-14-15(19(25)26-4)11(2)16(21-14)18(24)22(3)10-12-7-6-8-13(9-12)17(20)23/h6-9,21H,5,10H2,1-4H3,(H2,20,23). The molecule has 7 heteroatoms. The fourth-order valence-corrected chi connectivity index (χ4v) is 2.88. The number of ether oxygens (including phenoxy) is 1. The quantitative estimate of drug-likeness (QED) is 0.772. The highest BCUT2D eigenvalue weighted by molar-refractivity contribution is 6.00. The minimum Gasteiger partial charge on any atom is -0.465 e. The van der Waals surface area contributed by atoms with Crippen molar-refractivity contribution >= 4 is 17.8 Å². The Bertz CT molecular complexity index is 854. The smallest absolute Gasteiger partial charge is 0.339 e. The Balaban J connectivity index is 2.28. The lowest BCUT2D eigenvalue weighted by Gasteiger charge is -2.17. The highest BCUT2D eigenvalue weighted by Gasteiger charge is 2.25. The number of H-pyrrole nitrogens is 1. The number of aromatic amines is 1. The van der Waals surface area contributed by atoms with Crippen LogP contribution in [0.3, 0.4) is 0 Å². The zero-order valence-electron chi connectivity index (χ0n) is 15.4. The SMILES string of the molecule is CCc1[nH]c(C(=O)N(C)Cc2cccc(C(N)=O)c2)c(C)c1C(=O)OC. The minimum atomic E-state index is -0.517. The summed E-state index contributed by atoms with van der Waals surface area (Å²) in [5, 5.41) is 0. The third-order valence-corrected chi connectivity index (χ3v) is 4.26. The van der Waals surface area contributed by atoms with Crippen molar-refractivity contribution in [3.05, 3.63) is 57.9 Å². The molecule has 0 radical (unpaired) electrons. The van der Waals surface area contributed by atoms with Crippen LogP contribution in [-0.2, 0) is 17.7 Å². The summed E-state index contributed by atoms with van der Waals surface area (Å²) in [4.78, 5) is 40.7. The molecule has 138 valence electrons. The van der Waals surface area contributed by atoms with E-state index in [0.717, 1.165) is 5.56 Å². The number of carbonyl (C=O) groups is 3. The molecule has 1 heterocycles. The average Bonchev–Trinajstić information content (AvgIpc) is 2.96. The van der Waals surface area contributed by atoms with Gasteiger partial charge >= 0.3 is 5.97 Å². The molecular formula is C19H23N3O4. The van der Waals surface area contributed by atoms with E-state index in [1.165, 1.54) is 12.0 Å². The lowest BCUT2D eigenvalue weighted by Crippen LogP contribution is -2.27. The molecule has 7 nitrogen and oxygen atoms in total. The van der Waals surface area contributed by atoms with Gasteiger partial charge in [0.2, 0.25) is 5.91 Å². The molecule has 0 fully saturated rings. The molecule has 0 saturated heterocycles. The van der Waals surface area contributed by atoms with E-state index in [2.05, 4.69) is 4.98 Å². The van der Waals surface area contributed by atoms with Crippen molar-refractivity contribution in [2.75, 3.05) is 14.2 Å².